The Hall–Kier alpha value is -2.01. The van der Waals surface area contributed by atoms with Gasteiger partial charge >= 0.3 is 0 Å². The first kappa shape index (κ1) is 19.7. The van der Waals surface area contributed by atoms with Crippen molar-refractivity contribution in [3.05, 3.63) is 64.5 Å². The van der Waals surface area contributed by atoms with E-state index >= 15 is 0 Å². The SMILES string of the molecule is CCOc1ccc(C2CCC(c3ccc(C(C)O)c(F)c3F)CC2)c(F)c1. The molecule has 2 aromatic carbocycles. The van der Waals surface area contributed by atoms with Crippen LogP contribution in [0.15, 0.2) is 30.3 Å². The molecule has 1 saturated carbocycles. The lowest BCUT2D eigenvalue weighted by atomic mass is 9.75. The zero-order valence-electron chi connectivity index (χ0n) is 15.6. The monoisotopic (exact) mass is 378 g/mol. The third-order valence-corrected chi connectivity index (χ3v) is 5.48. The maximum Gasteiger partial charge on any atom is 0.164 e. The van der Waals surface area contributed by atoms with Crippen LogP contribution >= 0.6 is 0 Å². The molecule has 0 aliphatic heterocycles. The Kier molecular flexibility index (Phi) is 6.10. The summed E-state index contributed by atoms with van der Waals surface area (Å²) >= 11 is 0. The van der Waals surface area contributed by atoms with Crippen LogP contribution in [0.4, 0.5) is 13.2 Å². The summed E-state index contributed by atoms with van der Waals surface area (Å²) in [5.74, 6) is -1.62. The third kappa shape index (κ3) is 4.13. The molecule has 0 radical (unpaired) electrons. The van der Waals surface area contributed by atoms with Crippen LogP contribution in [0.1, 0.15) is 74.2 Å². The molecule has 0 aromatic heterocycles. The number of benzene rings is 2. The van der Waals surface area contributed by atoms with E-state index in [2.05, 4.69) is 0 Å². The maximum absolute atomic E-state index is 14.4. The van der Waals surface area contributed by atoms with Gasteiger partial charge in [0.05, 0.1) is 12.7 Å². The van der Waals surface area contributed by atoms with E-state index in [9.17, 15) is 18.3 Å². The van der Waals surface area contributed by atoms with E-state index in [0.717, 1.165) is 12.8 Å². The van der Waals surface area contributed by atoms with Gasteiger partial charge in [0.25, 0.3) is 0 Å². The first-order valence-corrected chi connectivity index (χ1v) is 9.50. The fourth-order valence-electron chi connectivity index (χ4n) is 4.03. The van der Waals surface area contributed by atoms with Gasteiger partial charge in [0.2, 0.25) is 0 Å². The highest BCUT2D eigenvalue weighted by atomic mass is 19.2. The first-order chi connectivity index (χ1) is 12.9. The standard InChI is InChI=1S/C22H25F3O2/c1-3-27-16-8-9-18(20(23)12-16)14-4-6-15(7-5-14)19-11-10-17(13(2)26)21(24)22(19)25/h8-15,26H,3-7H2,1-2H3. The Labute approximate surface area is 158 Å². The van der Waals surface area contributed by atoms with Gasteiger partial charge in [0, 0.05) is 11.6 Å². The fraction of sp³-hybridized carbons (Fsp3) is 0.455. The number of ether oxygens (including phenoxy) is 1. The summed E-state index contributed by atoms with van der Waals surface area (Å²) < 4.78 is 48.3. The zero-order valence-corrected chi connectivity index (χ0v) is 15.6. The summed E-state index contributed by atoms with van der Waals surface area (Å²) in [5, 5.41) is 9.52. The van der Waals surface area contributed by atoms with Gasteiger partial charge in [-0.15, -0.1) is 0 Å². The normalized spacial score (nSPS) is 21.1. The van der Waals surface area contributed by atoms with Crippen LogP contribution in [0, 0.1) is 17.5 Å². The second-order valence-electron chi connectivity index (χ2n) is 7.21. The minimum Gasteiger partial charge on any atom is -0.494 e. The van der Waals surface area contributed by atoms with Crippen LogP contribution < -0.4 is 4.74 Å². The van der Waals surface area contributed by atoms with Crippen LogP contribution in [0.25, 0.3) is 0 Å². The van der Waals surface area contributed by atoms with Gasteiger partial charge in [-0.3, -0.25) is 0 Å². The van der Waals surface area contributed by atoms with Crippen molar-refractivity contribution >= 4 is 0 Å². The van der Waals surface area contributed by atoms with E-state index in [4.69, 9.17) is 4.74 Å². The highest BCUT2D eigenvalue weighted by Gasteiger charge is 2.28. The molecule has 0 saturated heterocycles. The van der Waals surface area contributed by atoms with E-state index < -0.39 is 17.7 Å². The van der Waals surface area contributed by atoms with E-state index in [1.54, 1.807) is 18.2 Å². The Balaban J connectivity index is 1.72. The van der Waals surface area contributed by atoms with Crippen molar-refractivity contribution < 1.29 is 23.0 Å². The van der Waals surface area contributed by atoms with Crippen LogP contribution in [-0.2, 0) is 0 Å². The minimum atomic E-state index is -1.05. The molecule has 0 bridgehead atoms. The molecule has 1 aliphatic rings. The number of aliphatic hydroxyl groups excluding tert-OH is 1. The predicted octanol–water partition coefficient (Wildman–Crippen LogP) is 6.00. The molecule has 0 heterocycles. The molecule has 2 aromatic rings. The lowest BCUT2D eigenvalue weighted by Gasteiger charge is -2.30. The van der Waals surface area contributed by atoms with Crippen LogP contribution in [0.5, 0.6) is 5.75 Å². The Morgan fingerprint density at radius 1 is 0.963 bits per heavy atom. The number of halogens is 3. The van der Waals surface area contributed by atoms with Gasteiger partial charge in [-0.05, 0) is 68.6 Å². The Morgan fingerprint density at radius 2 is 1.56 bits per heavy atom. The second kappa shape index (κ2) is 8.34. The van der Waals surface area contributed by atoms with Crippen molar-refractivity contribution in [2.45, 2.75) is 57.5 Å². The summed E-state index contributed by atoms with van der Waals surface area (Å²) in [5.41, 5.74) is 0.983. The van der Waals surface area contributed by atoms with E-state index in [0.29, 0.717) is 36.3 Å². The van der Waals surface area contributed by atoms with Gasteiger partial charge in [-0.25, -0.2) is 13.2 Å². The Morgan fingerprint density at radius 3 is 2.11 bits per heavy atom. The topological polar surface area (TPSA) is 29.5 Å². The molecular weight excluding hydrogens is 353 g/mol. The lowest BCUT2D eigenvalue weighted by molar-refractivity contribution is 0.192. The zero-order chi connectivity index (χ0) is 19.6. The maximum atomic E-state index is 14.4. The summed E-state index contributed by atoms with van der Waals surface area (Å²) in [4.78, 5) is 0. The predicted molar refractivity (Wildman–Crippen MR) is 98.5 cm³/mol. The van der Waals surface area contributed by atoms with Crippen molar-refractivity contribution in [2.75, 3.05) is 6.61 Å². The summed E-state index contributed by atoms with van der Waals surface area (Å²) in [7, 11) is 0. The second-order valence-corrected chi connectivity index (χ2v) is 7.21. The molecule has 146 valence electrons. The molecular formula is C22H25F3O2. The van der Waals surface area contributed by atoms with Gasteiger partial charge in [-0.2, -0.15) is 0 Å². The number of hydrogen-bond acceptors (Lipinski definition) is 2. The summed E-state index contributed by atoms with van der Waals surface area (Å²) in [6, 6.07) is 7.98. The molecule has 1 N–H and O–H groups in total. The molecule has 2 nitrogen and oxygen atoms in total. The van der Waals surface area contributed by atoms with Crippen LogP contribution in [0.2, 0.25) is 0 Å². The fourth-order valence-corrected chi connectivity index (χ4v) is 4.03. The molecule has 1 atom stereocenters. The highest BCUT2D eigenvalue weighted by molar-refractivity contribution is 5.33. The summed E-state index contributed by atoms with van der Waals surface area (Å²) in [6.45, 7) is 3.75. The molecule has 3 rings (SSSR count). The molecule has 1 unspecified atom stereocenters. The van der Waals surface area contributed by atoms with Crippen molar-refractivity contribution in [2.24, 2.45) is 0 Å². The van der Waals surface area contributed by atoms with E-state index in [1.165, 1.54) is 19.1 Å². The first-order valence-electron chi connectivity index (χ1n) is 9.50. The molecule has 1 aliphatic carbocycles. The van der Waals surface area contributed by atoms with Crippen molar-refractivity contribution in [3.8, 4) is 5.75 Å². The average Bonchev–Trinajstić information content (AvgIpc) is 2.64. The molecule has 0 amide bonds. The smallest absolute Gasteiger partial charge is 0.164 e. The number of hydrogen-bond donors (Lipinski definition) is 1. The number of aliphatic hydroxyl groups is 1. The highest BCUT2D eigenvalue weighted by Crippen LogP contribution is 2.42. The molecule has 1 fully saturated rings. The lowest BCUT2D eigenvalue weighted by Crippen LogP contribution is -2.15. The average molecular weight is 378 g/mol. The van der Waals surface area contributed by atoms with E-state index in [1.807, 2.05) is 6.92 Å². The number of rotatable bonds is 5. The Bertz CT molecular complexity index is 796. The van der Waals surface area contributed by atoms with Crippen LogP contribution in [-0.4, -0.2) is 11.7 Å². The van der Waals surface area contributed by atoms with Crippen molar-refractivity contribution in [3.63, 3.8) is 0 Å². The van der Waals surface area contributed by atoms with Crippen LogP contribution in [0.3, 0.4) is 0 Å². The van der Waals surface area contributed by atoms with Gasteiger partial charge in [0.1, 0.15) is 11.6 Å². The minimum absolute atomic E-state index is 0.0265. The molecule has 5 heteroatoms. The van der Waals surface area contributed by atoms with Gasteiger partial charge in [0.15, 0.2) is 11.6 Å². The van der Waals surface area contributed by atoms with E-state index in [-0.39, 0.29) is 23.2 Å². The summed E-state index contributed by atoms with van der Waals surface area (Å²) in [6.07, 6.45) is 1.72. The molecule has 0 spiro atoms. The third-order valence-electron chi connectivity index (χ3n) is 5.48. The molecule has 27 heavy (non-hydrogen) atoms. The van der Waals surface area contributed by atoms with Gasteiger partial charge in [-0.1, -0.05) is 18.2 Å². The largest absolute Gasteiger partial charge is 0.494 e. The van der Waals surface area contributed by atoms with Crippen molar-refractivity contribution in [1.29, 1.82) is 0 Å². The van der Waals surface area contributed by atoms with Gasteiger partial charge < -0.3 is 9.84 Å². The quantitative estimate of drug-likeness (QED) is 0.692. The van der Waals surface area contributed by atoms with Crippen molar-refractivity contribution in [1.82, 2.24) is 0 Å².